The number of halogens is 2. The molecule has 0 fully saturated rings. The van der Waals surface area contributed by atoms with E-state index in [1.54, 1.807) is 30.6 Å². The van der Waals surface area contributed by atoms with Crippen LogP contribution in [-0.4, -0.2) is 15.7 Å². The van der Waals surface area contributed by atoms with Crippen molar-refractivity contribution in [2.45, 2.75) is 19.5 Å². The zero-order chi connectivity index (χ0) is 17.3. The highest BCUT2D eigenvalue weighted by atomic mass is 35.5. The normalized spacial score (nSPS) is 12.3. The van der Waals surface area contributed by atoms with Crippen LogP contribution in [0.4, 0.5) is 4.39 Å². The lowest BCUT2D eigenvalue weighted by Gasteiger charge is -2.15. The number of aromatic nitrogens is 2. The van der Waals surface area contributed by atoms with Crippen LogP contribution in [0, 0.1) is 5.82 Å². The molecule has 0 aliphatic carbocycles. The lowest BCUT2D eigenvalue weighted by molar-refractivity contribution is -0.122. The molecule has 0 radical (unpaired) electrons. The summed E-state index contributed by atoms with van der Waals surface area (Å²) < 4.78 is 15.4. The van der Waals surface area contributed by atoms with Crippen molar-refractivity contribution in [2.24, 2.45) is 0 Å². The predicted molar refractivity (Wildman–Crippen MR) is 91.8 cm³/mol. The Hall–Kier alpha value is -2.25. The molecule has 1 N–H and O–H groups in total. The van der Waals surface area contributed by atoms with Gasteiger partial charge in [0.1, 0.15) is 12.4 Å². The molecule has 24 heavy (non-hydrogen) atoms. The van der Waals surface area contributed by atoms with Crippen molar-refractivity contribution in [3.63, 3.8) is 0 Å². The van der Waals surface area contributed by atoms with Gasteiger partial charge in [-0.1, -0.05) is 17.7 Å². The molecule has 2 heterocycles. The highest BCUT2D eigenvalue weighted by molar-refractivity contribution is 7.17. The maximum absolute atomic E-state index is 13.5. The Bertz CT molecular complexity index is 969. The molecule has 1 atom stereocenters. The smallest absolute Gasteiger partial charge is 0.275 e. The van der Waals surface area contributed by atoms with E-state index in [0.29, 0.717) is 10.9 Å². The number of carbonyl (C=O) groups excluding carboxylic acids is 1. The summed E-state index contributed by atoms with van der Waals surface area (Å²) in [4.78, 5) is 24.4. The molecule has 0 unspecified atom stereocenters. The number of rotatable bonds is 4. The highest BCUT2D eigenvalue weighted by Crippen LogP contribution is 2.20. The first kappa shape index (κ1) is 16.6. The number of thiophene rings is 1. The van der Waals surface area contributed by atoms with Crippen molar-refractivity contribution >= 4 is 38.9 Å². The fourth-order valence-electron chi connectivity index (χ4n) is 2.31. The molecule has 1 amide bonds. The Labute approximate surface area is 145 Å². The lowest BCUT2D eigenvalue weighted by atomic mass is 10.1. The van der Waals surface area contributed by atoms with Gasteiger partial charge in [0.15, 0.2) is 0 Å². The fourth-order valence-corrected chi connectivity index (χ4v) is 3.17. The maximum atomic E-state index is 13.5. The van der Waals surface area contributed by atoms with Gasteiger partial charge in [0.05, 0.1) is 27.3 Å². The van der Waals surface area contributed by atoms with Gasteiger partial charge in [0.2, 0.25) is 5.91 Å². The van der Waals surface area contributed by atoms with E-state index in [0.717, 1.165) is 9.38 Å². The molecular weight excluding hydrogens is 353 g/mol. The van der Waals surface area contributed by atoms with E-state index in [1.165, 1.54) is 23.5 Å². The summed E-state index contributed by atoms with van der Waals surface area (Å²) in [6, 6.07) is 5.63. The number of benzene rings is 1. The average molecular weight is 366 g/mol. The monoisotopic (exact) mass is 365 g/mol. The summed E-state index contributed by atoms with van der Waals surface area (Å²) in [5.41, 5.74) is 0.271. The molecule has 1 aromatic carbocycles. The van der Waals surface area contributed by atoms with Crippen LogP contribution in [-0.2, 0) is 11.3 Å². The number of hydrogen-bond donors (Lipinski definition) is 1. The van der Waals surface area contributed by atoms with Crippen molar-refractivity contribution in [3.05, 3.63) is 62.6 Å². The molecular formula is C16H13ClFN3O2S. The molecule has 8 heteroatoms. The predicted octanol–water partition coefficient (Wildman–Crippen LogP) is 3.13. The highest BCUT2D eigenvalue weighted by Gasteiger charge is 2.14. The number of fused-ring (bicyclic) bond motifs is 1. The standard InChI is InChI=1S/C16H13ClFN3O2S/c1-9(10-2-3-12(17)13(18)6-10)20-15(22)8-21-16(23)11-4-5-24-14(11)7-19-21/h2-7,9H,8H2,1H3,(H,20,22)/t9-/m0/s1. The third-order valence-electron chi connectivity index (χ3n) is 3.59. The quantitative estimate of drug-likeness (QED) is 0.772. The average Bonchev–Trinajstić information content (AvgIpc) is 3.02. The van der Waals surface area contributed by atoms with Crippen LogP contribution in [0.25, 0.3) is 10.1 Å². The minimum atomic E-state index is -0.545. The van der Waals surface area contributed by atoms with Crippen LogP contribution < -0.4 is 10.9 Å². The molecule has 124 valence electrons. The second-order valence-corrected chi connectivity index (χ2v) is 6.62. The molecule has 3 rings (SSSR count). The third kappa shape index (κ3) is 3.32. The molecule has 0 spiro atoms. The number of nitrogens with zero attached hydrogens (tertiary/aromatic N) is 2. The molecule has 0 aliphatic rings. The summed E-state index contributed by atoms with van der Waals surface area (Å²) in [6.45, 7) is 1.52. The van der Waals surface area contributed by atoms with Gasteiger partial charge in [-0.3, -0.25) is 9.59 Å². The zero-order valence-electron chi connectivity index (χ0n) is 12.6. The Kier molecular flexibility index (Phi) is 4.64. The topological polar surface area (TPSA) is 64.0 Å². The van der Waals surface area contributed by atoms with Gasteiger partial charge in [-0.2, -0.15) is 5.10 Å². The number of nitrogens with one attached hydrogen (secondary N) is 1. The number of carbonyl (C=O) groups is 1. The summed E-state index contributed by atoms with van der Waals surface area (Å²) in [6.07, 6.45) is 1.56. The molecule has 0 saturated carbocycles. The van der Waals surface area contributed by atoms with Gasteiger partial charge in [-0.15, -0.1) is 11.3 Å². The molecule has 0 bridgehead atoms. The SMILES string of the molecule is C[C@H](NC(=O)Cn1ncc2sccc2c1=O)c1ccc(Cl)c(F)c1. The first-order chi connectivity index (χ1) is 11.5. The zero-order valence-corrected chi connectivity index (χ0v) is 14.2. The summed E-state index contributed by atoms with van der Waals surface area (Å²) in [5, 5.41) is 9.08. The van der Waals surface area contributed by atoms with Gasteiger partial charge >= 0.3 is 0 Å². The number of amides is 1. The van der Waals surface area contributed by atoms with E-state index in [1.807, 2.05) is 0 Å². The van der Waals surface area contributed by atoms with Crippen molar-refractivity contribution in [1.82, 2.24) is 15.1 Å². The Morgan fingerprint density at radius 2 is 2.25 bits per heavy atom. The first-order valence-electron chi connectivity index (χ1n) is 7.13. The van der Waals surface area contributed by atoms with E-state index in [2.05, 4.69) is 10.4 Å². The van der Waals surface area contributed by atoms with Crippen LogP contribution in [0.2, 0.25) is 5.02 Å². The molecule has 2 aromatic heterocycles. The van der Waals surface area contributed by atoms with Crippen LogP contribution in [0.1, 0.15) is 18.5 Å². The first-order valence-corrected chi connectivity index (χ1v) is 8.39. The summed E-state index contributed by atoms with van der Waals surface area (Å²) in [7, 11) is 0. The van der Waals surface area contributed by atoms with Crippen LogP contribution in [0.3, 0.4) is 0 Å². The molecule has 3 aromatic rings. The van der Waals surface area contributed by atoms with Gasteiger partial charge in [0.25, 0.3) is 5.56 Å². The van der Waals surface area contributed by atoms with Crippen LogP contribution >= 0.6 is 22.9 Å². The molecule has 0 aliphatic heterocycles. The molecule has 5 nitrogen and oxygen atoms in total. The van der Waals surface area contributed by atoms with E-state index in [-0.39, 0.29) is 23.0 Å². The van der Waals surface area contributed by atoms with Gasteiger partial charge in [0, 0.05) is 0 Å². The minimum absolute atomic E-state index is 0.0251. The van der Waals surface area contributed by atoms with Gasteiger partial charge in [-0.05, 0) is 36.1 Å². The van der Waals surface area contributed by atoms with Crippen molar-refractivity contribution < 1.29 is 9.18 Å². The van der Waals surface area contributed by atoms with E-state index in [4.69, 9.17) is 11.6 Å². The van der Waals surface area contributed by atoms with Gasteiger partial charge in [-0.25, -0.2) is 9.07 Å². The van der Waals surface area contributed by atoms with Crippen LogP contribution in [0.15, 0.2) is 40.6 Å². The Morgan fingerprint density at radius 3 is 3.00 bits per heavy atom. The Morgan fingerprint density at radius 1 is 1.46 bits per heavy atom. The van der Waals surface area contributed by atoms with Crippen molar-refractivity contribution in [1.29, 1.82) is 0 Å². The molecule has 0 saturated heterocycles. The van der Waals surface area contributed by atoms with E-state index >= 15 is 0 Å². The minimum Gasteiger partial charge on any atom is -0.348 e. The van der Waals surface area contributed by atoms with Crippen LogP contribution in [0.5, 0.6) is 0 Å². The Balaban J connectivity index is 1.73. The largest absolute Gasteiger partial charge is 0.348 e. The fraction of sp³-hybridized carbons (Fsp3) is 0.188. The summed E-state index contributed by atoms with van der Waals surface area (Å²) in [5.74, 6) is -0.932. The van der Waals surface area contributed by atoms with Gasteiger partial charge < -0.3 is 5.32 Å². The van der Waals surface area contributed by atoms with Crippen molar-refractivity contribution in [3.8, 4) is 0 Å². The van der Waals surface area contributed by atoms with Crippen molar-refractivity contribution in [2.75, 3.05) is 0 Å². The second-order valence-electron chi connectivity index (χ2n) is 5.27. The second kappa shape index (κ2) is 6.70. The third-order valence-corrected chi connectivity index (χ3v) is 4.75. The lowest BCUT2D eigenvalue weighted by Crippen LogP contribution is -2.34. The summed E-state index contributed by atoms with van der Waals surface area (Å²) >= 11 is 7.06. The van der Waals surface area contributed by atoms with E-state index in [9.17, 15) is 14.0 Å². The van der Waals surface area contributed by atoms with E-state index < -0.39 is 11.9 Å². The maximum Gasteiger partial charge on any atom is 0.275 e. The number of hydrogen-bond acceptors (Lipinski definition) is 4.